The van der Waals surface area contributed by atoms with Crippen molar-refractivity contribution in [3.05, 3.63) is 117 Å². The van der Waals surface area contributed by atoms with Gasteiger partial charge in [0.25, 0.3) is 0 Å². The number of carboxylic acid groups (broad SMARTS) is 1. The summed E-state index contributed by atoms with van der Waals surface area (Å²) in [5.41, 5.74) is -2.95. The van der Waals surface area contributed by atoms with Crippen molar-refractivity contribution in [3.63, 3.8) is 0 Å². The number of carbonyl (C=O) groups is 2. The van der Waals surface area contributed by atoms with E-state index in [1.165, 1.54) is 25.1 Å². The van der Waals surface area contributed by atoms with Crippen molar-refractivity contribution in [2.75, 3.05) is 0 Å². The average Bonchev–Trinajstić information content (AvgIpc) is 3.28. The Bertz CT molecular complexity index is 1920. The molecule has 0 unspecified atom stereocenters. The van der Waals surface area contributed by atoms with Crippen LogP contribution < -0.4 is 0 Å². The Hall–Kier alpha value is -4.72. The number of aryl methyl sites for hydroxylation is 1. The summed E-state index contributed by atoms with van der Waals surface area (Å²) in [6.45, 7) is 2.36. The first-order valence-corrected chi connectivity index (χ1v) is 14.6. The Morgan fingerprint density at radius 2 is 1.37 bits per heavy atom. The van der Waals surface area contributed by atoms with E-state index in [0.717, 1.165) is 23.1 Å². The molecular formula is C34H23ClF9NO4. The van der Waals surface area contributed by atoms with Crippen LogP contribution in [0.25, 0.3) is 22.3 Å². The second-order valence-electron chi connectivity index (χ2n) is 11.4. The van der Waals surface area contributed by atoms with Gasteiger partial charge in [0, 0.05) is 10.6 Å². The standard InChI is InChI=1S/C34H23ClF9NO4/c1-16-9-19(30(46)47)3-6-25(16)18-4-8-28(35)27(13-18)26-7-5-22(32(36,37)38)12-21(26)15-45-17(2)29(49-31(45)48)20-10-23(33(39,40)41)14-24(11-20)34(42,43)44/h3-14,17,29H,15H2,1-2H3,(H,46,47)/t17-,29-/m0/s1. The molecule has 1 fully saturated rings. The summed E-state index contributed by atoms with van der Waals surface area (Å²) < 4.78 is 128. The van der Waals surface area contributed by atoms with Crippen LogP contribution in [0.15, 0.2) is 72.8 Å². The third-order valence-corrected chi connectivity index (χ3v) is 8.47. The zero-order valence-corrected chi connectivity index (χ0v) is 25.9. The fourth-order valence-electron chi connectivity index (χ4n) is 5.67. The molecular weight excluding hydrogens is 693 g/mol. The Balaban J connectivity index is 1.57. The fraction of sp³-hybridized carbons (Fsp3) is 0.235. The van der Waals surface area contributed by atoms with Gasteiger partial charge in [-0.25, -0.2) is 9.59 Å². The highest BCUT2D eigenvalue weighted by Gasteiger charge is 2.44. The maximum absolute atomic E-state index is 13.9. The number of ether oxygens (including phenoxy) is 1. The lowest BCUT2D eigenvalue weighted by Gasteiger charge is -2.24. The number of amides is 1. The number of alkyl halides is 9. The topological polar surface area (TPSA) is 66.8 Å². The van der Waals surface area contributed by atoms with Gasteiger partial charge in [0.15, 0.2) is 0 Å². The molecule has 0 aliphatic carbocycles. The van der Waals surface area contributed by atoms with Gasteiger partial charge in [-0.2, -0.15) is 39.5 Å². The van der Waals surface area contributed by atoms with Crippen LogP contribution in [0.2, 0.25) is 5.02 Å². The van der Waals surface area contributed by atoms with Crippen LogP contribution in [-0.2, 0) is 29.8 Å². The van der Waals surface area contributed by atoms with Gasteiger partial charge in [0.1, 0.15) is 6.10 Å². The van der Waals surface area contributed by atoms with Crippen molar-refractivity contribution in [1.29, 1.82) is 0 Å². The molecule has 2 atom stereocenters. The van der Waals surface area contributed by atoms with Gasteiger partial charge in [-0.1, -0.05) is 29.8 Å². The van der Waals surface area contributed by atoms with E-state index in [1.807, 2.05) is 0 Å². The number of halogens is 10. The molecule has 0 radical (unpaired) electrons. The summed E-state index contributed by atoms with van der Waals surface area (Å²) in [6.07, 6.45) is -18.0. The first-order chi connectivity index (χ1) is 22.6. The van der Waals surface area contributed by atoms with Crippen LogP contribution in [0, 0.1) is 6.92 Å². The van der Waals surface area contributed by atoms with Crippen LogP contribution in [0.1, 0.15) is 56.8 Å². The summed E-state index contributed by atoms with van der Waals surface area (Å²) in [5, 5.41) is 9.41. The summed E-state index contributed by atoms with van der Waals surface area (Å²) in [4.78, 5) is 25.4. The number of carbonyl (C=O) groups excluding carboxylic acids is 1. The third-order valence-electron chi connectivity index (χ3n) is 8.14. The summed E-state index contributed by atoms with van der Waals surface area (Å²) in [7, 11) is 0. The van der Waals surface area contributed by atoms with Gasteiger partial charge in [-0.15, -0.1) is 0 Å². The molecule has 1 aliphatic heterocycles. The van der Waals surface area contributed by atoms with Crippen molar-refractivity contribution in [1.82, 2.24) is 4.90 Å². The average molecular weight is 716 g/mol. The Labute approximate surface area is 277 Å². The number of hydrogen-bond acceptors (Lipinski definition) is 3. The van der Waals surface area contributed by atoms with Gasteiger partial charge < -0.3 is 9.84 Å². The smallest absolute Gasteiger partial charge is 0.416 e. The van der Waals surface area contributed by atoms with E-state index in [2.05, 4.69) is 0 Å². The van der Waals surface area contributed by atoms with Crippen LogP contribution in [-0.4, -0.2) is 28.1 Å². The highest BCUT2D eigenvalue weighted by molar-refractivity contribution is 6.33. The molecule has 15 heteroatoms. The molecule has 0 spiro atoms. The first kappa shape index (κ1) is 35.6. The molecule has 1 aliphatic rings. The largest absolute Gasteiger partial charge is 0.478 e. The Morgan fingerprint density at radius 1 is 0.776 bits per heavy atom. The molecule has 0 saturated carbocycles. The minimum atomic E-state index is -5.17. The van der Waals surface area contributed by atoms with Crippen molar-refractivity contribution in [2.24, 2.45) is 0 Å². The molecule has 1 heterocycles. The van der Waals surface area contributed by atoms with Crippen LogP contribution in [0.3, 0.4) is 0 Å². The van der Waals surface area contributed by atoms with E-state index in [1.54, 1.807) is 25.1 Å². The molecule has 5 rings (SSSR count). The summed E-state index contributed by atoms with van der Waals surface area (Å²) in [5.74, 6) is -1.15. The van der Waals surface area contributed by atoms with Gasteiger partial charge in [-0.05, 0) is 102 Å². The molecule has 4 aromatic rings. The molecule has 49 heavy (non-hydrogen) atoms. The van der Waals surface area contributed by atoms with Crippen molar-refractivity contribution >= 4 is 23.7 Å². The number of hydrogen-bond donors (Lipinski definition) is 1. The molecule has 1 N–H and O–H groups in total. The summed E-state index contributed by atoms with van der Waals surface area (Å²) in [6, 6.07) is 11.3. The number of rotatable bonds is 6. The lowest BCUT2D eigenvalue weighted by molar-refractivity contribution is -0.143. The lowest BCUT2D eigenvalue weighted by atomic mass is 9.92. The molecule has 0 aromatic heterocycles. The van der Waals surface area contributed by atoms with Crippen molar-refractivity contribution in [3.8, 4) is 22.3 Å². The fourth-order valence-corrected chi connectivity index (χ4v) is 5.89. The zero-order chi connectivity index (χ0) is 36.2. The maximum Gasteiger partial charge on any atom is 0.416 e. The van der Waals surface area contributed by atoms with Crippen molar-refractivity contribution < 1.29 is 58.9 Å². The number of nitrogens with zero attached hydrogens (tertiary/aromatic N) is 1. The van der Waals surface area contributed by atoms with Gasteiger partial charge >= 0.3 is 30.6 Å². The number of benzene rings is 4. The Kier molecular flexibility index (Phi) is 9.17. The van der Waals surface area contributed by atoms with E-state index < -0.39 is 71.5 Å². The quantitative estimate of drug-likeness (QED) is 0.202. The van der Waals surface area contributed by atoms with Crippen LogP contribution in [0.4, 0.5) is 44.3 Å². The van der Waals surface area contributed by atoms with E-state index in [4.69, 9.17) is 16.3 Å². The molecule has 0 bridgehead atoms. The van der Waals surface area contributed by atoms with E-state index in [-0.39, 0.29) is 33.3 Å². The normalized spacial score (nSPS) is 17.0. The molecule has 4 aromatic carbocycles. The number of carboxylic acids is 1. The predicted molar refractivity (Wildman–Crippen MR) is 160 cm³/mol. The van der Waals surface area contributed by atoms with Crippen LogP contribution >= 0.6 is 11.6 Å². The van der Waals surface area contributed by atoms with Gasteiger partial charge in [-0.3, -0.25) is 4.90 Å². The van der Waals surface area contributed by atoms with E-state index >= 15 is 0 Å². The predicted octanol–water partition coefficient (Wildman–Crippen LogP) is 10.8. The van der Waals surface area contributed by atoms with Gasteiger partial charge in [0.05, 0.1) is 34.8 Å². The third kappa shape index (κ3) is 7.33. The van der Waals surface area contributed by atoms with Crippen LogP contribution in [0.5, 0.6) is 0 Å². The second kappa shape index (κ2) is 12.6. The lowest BCUT2D eigenvalue weighted by Crippen LogP contribution is -2.32. The molecule has 1 amide bonds. The molecule has 5 nitrogen and oxygen atoms in total. The highest BCUT2D eigenvalue weighted by Crippen LogP contribution is 2.43. The second-order valence-corrected chi connectivity index (χ2v) is 11.8. The maximum atomic E-state index is 13.9. The minimum absolute atomic E-state index is 0.0325. The zero-order valence-electron chi connectivity index (χ0n) is 25.2. The minimum Gasteiger partial charge on any atom is -0.478 e. The first-order valence-electron chi connectivity index (χ1n) is 14.3. The van der Waals surface area contributed by atoms with E-state index in [9.17, 15) is 54.2 Å². The molecule has 258 valence electrons. The van der Waals surface area contributed by atoms with E-state index in [0.29, 0.717) is 28.8 Å². The molecule has 1 saturated heterocycles. The number of aromatic carboxylic acids is 1. The Morgan fingerprint density at radius 3 is 1.92 bits per heavy atom. The highest BCUT2D eigenvalue weighted by atomic mass is 35.5. The SMILES string of the molecule is Cc1cc(C(=O)O)ccc1-c1ccc(Cl)c(-c2ccc(C(F)(F)F)cc2CN2C(=O)O[C@H](c3cc(C(F)(F)F)cc(C(F)(F)F)c3)[C@@H]2C)c1. The van der Waals surface area contributed by atoms with Gasteiger partial charge in [0.2, 0.25) is 0 Å². The van der Waals surface area contributed by atoms with Crippen molar-refractivity contribution in [2.45, 2.75) is 51.1 Å². The number of cyclic esters (lactones) is 1. The summed E-state index contributed by atoms with van der Waals surface area (Å²) >= 11 is 6.52. The monoisotopic (exact) mass is 715 g/mol.